The van der Waals surface area contributed by atoms with E-state index in [1.165, 1.54) is 0 Å². The van der Waals surface area contributed by atoms with Crippen LogP contribution in [0.15, 0.2) is 45.3 Å². The first kappa shape index (κ1) is 15.6. The van der Waals surface area contributed by atoms with Crippen LogP contribution in [0.1, 0.15) is 47.6 Å². The lowest BCUT2D eigenvalue weighted by Gasteiger charge is -2.24. The lowest BCUT2D eigenvalue weighted by Crippen LogP contribution is -2.36. The maximum Gasteiger partial charge on any atom is 0.276 e. The molecule has 0 bridgehead atoms. The van der Waals surface area contributed by atoms with Crippen molar-refractivity contribution in [2.24, 2.45) is 0 Å². The number of oxazole rings is 1. The molecular weight excluding hydrogens is 318 g/mol. The number of hydrogen-bond donors (Lipinski definition) is 0. The summed E-state index contributed by atoms with van der Waals surface area (Å²) in [6.45, 7) is 5.12. The number of carbonyl (C=O) groups excluding carboxylic acids is 1. The van der Waals surface area contributed by atoms with Gasteiger partial charge in [0.25, 0.3) is 5.91 Å². The highest BCUT2D eigenvalue weighted by Gasteiger charge is 2.28. The minimum Gasteiger partial charge on any atom is -0.445 e. The number of benzene rings is 1. The van der Waals surface area contributed by atoms with Crippen LogP contribution in [-0.4, -0.2) is 27.5 Å². The summed E-state index contributed by atoms with van der Waals surface area (Å²) in [4.78, 5) is 19.0. The van der Waals surface area contributed by atoms with E-state index < -0.39 is 0 Å². The Kier molecular flexibility index (Phi) is 3.87. The van der Waals surface area contributed by atoms with Crippen LogP contribution >= 0.6 is 0 Å². The Labute approximate surface area is 145 Å². The zero-order valence-corrected chi connectivity index (χ0v) is 14.2. The van der Waals surface area contributed by atoms with Crippen molar-refractivity contribution < 1.29 is 13.7 Å². The van der Waals surface area contributed by atoms with Gasteiger partial charge in [-0.05, 0) is 0 Å². The molecule has 4 rings (SSSR count). The fourth-order valence-corrected chi connectivity index (χ4v) is 2.92. The second-order valence-electron chi connectivity index (χ2n) is 6.50. The van der Waals surface area contributed by atoms with Gasteiger partial charge in [0, 0.05) is 30.5 Å². The first-order valence-corrected chi connectivity index (χ1v) is 8.41. The molecule has 3 heterocycles. The van der Waals surface area contributed by atoms with Crippen molar-refractivity contribution in [2.45, 2.75) is 32.7 Å². The molecule has 6 nitrogen and oxygen atoms in total. The van der Waals surface area contributed by atoms with Gasteiger partial charge in [0.2, 0.25) is 0 Å². The van der Waals surface area contributed by atoms with Gasteiger partial charge >= 0.3 is 0 Å². The Bertz CT molecular complexity index is 896. The summed E-state index contributed by atoms with van der Waals surface area (Å²) in [7, 11) is 0. The van der Waals surface area contributed by atoms with Gasteiger partial charge in [-0.1, -0.05) is 49.3 Å². The Morgan fingerprint density at radius 1 is 1.24 bits per heavy atom. The highest BCUT2D eigenvalue weighted by molar-refractivity contribution is 5.93. The van der Waals surface area contributed by atoms with Crippen molar-refractivity contribution >= 4 is 5.91 Å². The molecule has 128 valence electrons. The summed E-state index contributed by atoms with van der Waals surface area (Å²) in [6.07, 6.45) is 0.671. The molecule has 2 aromatic heterocycles. The normalized spacial score (nSPS) is 14.0. The summed E-state index contributed by atoms with van der Waals surface area (Å²) in [6, 6.07) is 11.3. The predicted octanol–water partition coefficient (Wildman–Crippen LogP) is 3.65. The molecule has 0 fully saturated rings. The highest BCUT2D eigenvalue weighted by Crippen LogP contribution is 2.25. The van der Waals surface area contributed by atoms with Gasteiger partial charge in [-0.25, -0.2) is 4.98 Å². The SMILES string of the molecule is CC(C)c1nc2c(o1)CCN(C(=O)c1cc(-c3ccccc3)on1)C2. The number of nitrogens with zero attached hydrogens (tertiary/aromatic N) is 3. The van der Waals surface area contributed by atoms with Crippen LogP contribution in [-0.2, 0) is 13.0 Å². The van der Waals surface area contributed by atoms with Gasteiger partial charge in [0.1, 0.15) is 11.5 Å². The molecule has 1 aliphatic rings. The lowest BCUT2D eigenvalue weighted by atomic mass is 10.1. The van der Waals surface area contributed by atoms with Crippen molar-refractivity contribution in [1.82, 2.24) is 15.0 Å². The third kappa shape index (κ3) is 2.95. The maximum atomic E-state index is 12.7. The van der Waals surface area contributed by atoms with E-state index in [2.05, 4.69) is 10.1 Å². The molecule has 0 saturated carbocycles. The van der Waals surface area contributed by atoms with E-state index in [0.717, 1.165) is 22.9 Å². The minimum absolute atomic E-state index is 0.148. The van der Waals surface area contributed by atoms with Gasteiger partial charge in [-0.3, -0.25) is 4.79 Å². The standard InChI is InChI=1S/C19H19N3O3/c1-12(2)18-20-15-11-22(9-8-16(15)24-18)19(23)14-10-17(25-21-14)13-6-4-3-5-7-13/h3-7,10,12H,8-9,11H2,1-2H3. The number of fused-ring (bicyclic) bond motifs is 1. The summed E-state index contributed by atoms with van der Waals surface area (Å²) in [5.41, 5.74) is 2.05. The smallest absolute Gasteiger partial charge is 0.276 e. The number of hydrogen-bond acceptors (Lipinski definition) is 5. The molecule has 3 aromatic rings. The molecule has 0 unspecified atom stereocenters. The molecule has 25 heavy (non-hydrogen) atoms. The highest BCUT2D eigenvalue weighted by atomic mass is 16.5. The molecular formula is C19H19N3O3. The summed E-state index contributed by atoms with van der Waals surface area (Å²) in [5.74, 6) is 2.29. The maximum absolute atomic E-state index is 12.7. The molecule has 1 amide bonds. The zero-order chi connectivity index (χ0) is 17.4. The number of amides is 1. The number of carbonyl (C=O) groups is 1. The van der Waals surface area contributed by atoms with E-state index in [-0.39, 0.29) is 11.8 Å². The van der Waals surface area contributed by atoms with E-state index in [1.807, 2.05) is 44.2 Å². The molecule has 1 aliphatic heterocycles. The van der Waals surface area contributed by atoms with Crippen LogP contribution in [0, 0.1) is 0 Å². The predicted molar refractivity (Wildman–Crippen MR) is 91.0 cm³/mol. The number of rotatable bonds is 3. The van der Waals surface area contributed by atoms with Crippen LogP contribution in [0.2, 0.25) is 0 Å². The molecule has 6 heteroatoms. The van der Waals surface area contributed by atoms with Gasteiger partial charge in [0.05, 0.1) is 6.54 Å². The lowest BCUT2D eigenvalue weighted by molar-refractivity contribution is 0.0717. The van der Waals surface area contributed by atoms with Crippen molar-refractivity contribution in [3.63, 3.8) is 0 Å². The van der Waals surface area contributed by atoms with E-state index in [1.54, 1.807) is 11.0 Å². The van der Waals surface area contributed by atoms with Gasteiger partial charge in [-0.2, -0.15) is 0 Å². The third-order valence-corrected chi connectivity index (χ3v) is 4.31. The number of aromatic nitrogens is 2. The van der Waals surface area contributed by atoms with Crippen molar-refractivity contribution in [2.75, 3.05) is 6.54 Å². The molecule has 0 N–H and O–H groups in total. The fraction of sp³-hybridized carbons (Fsp3) is 0.316. The van der Waals surface area contributed by atoms with Gasteiger partial charge in [-0.15, -0.1) is 0 Å². The minimum atomic E-state index is -0.148. The monoisotopic (exact) mass is 337 g/mol. The molecule has 1 aromatic carbocycles. The third-order valence-electron chi connectivity index (χ3n) is 4.31. The van der Waals surface area contributed by atoms with E-state index in [0.29, 0.717) is 31.0 Å². The Morgan fingerprint density at radius 3 is 2.80 bits per heavy atom. The second kappa shape index (κ2) is 6.20. The van der Waals surface area contributed by atoms with Gasteiger partial charge < -0.3 is 13.8 Å². The molecule has 0 spiro atoms. The van der Waals surface area contributed by atoms with Crippen molar-refractivity contribution in [1.29, 1.82) is 0 Å². The fourth-order valence-electron chi connectivity index (χ4n) is 2.92. The molecule has 0 aliphatic carbocycles. The zero-order valence-electron chi connectivity index (χ0n) is 14.2. The molecule has 0 radical (unpaired) electrons. The average Bonchev–Trinajstić information content (AvgIpc) is 3.28. The molecule has 0 atom stereocenters. The van der Waals surface area contributed by atoms with Crippen molar-refractivity contribution in [3.8, 4) is 11.3 Å². The van der Waals surface area contributed by atoms with Crippen LogP contribution in [0.4, 0.5) is 0 Å². The van der Waals surface area contributed by atoms with E-state index >= 15 is 0 Å². The Balaban J connectivity index is 1.53. The van der Waals surface area contributed by atoms with Crippen molar-refractivity contribution in [3.05, 3.63) is 59.4 Å². The molecule has 0 saturated heterocycles. The summed E-state index contributed by atoms with van der Waals surface area (Å²) < 4.78 is 11.1. The van der Waals surface area contributed by atoms with E-state index in [4.69, 9.17) is 8.94 Å². The topological polar surface area (TPSA) is 72.4 Å². The quantitative estimate of drug-likeness (QED) is 0.729. The van der Waals surface area contributed by atoms with Crippen LogP contribution in [0.3, 0.4) is 0 Å². The summed E-state index contributed by atoms with van der Waals surface area (Å²) in [5, 5.41) is 3.95. The summed E-state index contributed by atoms with van der Waals surface area (Å²) >= 11 is 0. The van der Waals surface area contributed by atoms with E-state index in [9.17, 15) is 4.79 Å². The van der Waals surface area contributed by atoms with Crippen LogP contribution < -0.4 is 0 Å². The van der Waals surface area contributed by atoms with Crippen LogP contribution in [0.5, 0.6) is 0 Å². The van der Waals surface area contributed by atoms with Crippen LogP contribution in [0.25, 0.3) is 11.3 Å². The second-order valence-corrected chi connectivity index (χ2v) is 6.50. The largest absolute Gasteiger partial charge is 0.445 e. The first-order chi connectivity index (χ1) is 12.1. The Morgan fingerprint density at radius 2 is 2.04 bits per heavy atom. The van der Waals surface area contributed by atoms with Gasteiger partial charge in [0.15, 0.2) is 17.3 Å². The average molecular weight is 337 g/mol. The first-order valence-electron chi connectivity index (χ1n) is 8.41. The Hall–Kier alpha value is -2.89.